The first-order valence-corrected chi connectivity index (χ1v) is 7.97. The maximum absolute atomic E-state index is 13.8. The van der Waals surface area contributed by atoms with E-state index in [4.69, 9.17) is 0 Å². The number of anilines is 1. The van der Waals surface area contributed by atoms with E-state index in [1.165, 1.54) is 24.1 Å². The summed E-state index contributed by atoms with van der Waals surface area (Å²) in [5, 5.41) is 3.20. The van der Waals surface area contributed by atoms with Crippen LogP contribution in [0.4, 0.5) is 10.1 Å². The molecule has 0 atom stereocenters. The zero-order valence-corrected chi connectivity index (χ0v) is 13.3. The molecule has 0 unspecified atom stereocenters. The van der Waals surface area contributed by atoms with Gasteiger partial charge in [-0.3, -0.25) is 9.69 Å². The van der Waals surface area contributed by atoms with Gasteiger partial charge in [-0.05, 0) is 36.6 Å². The lowest BCUT2D eigenvalue weighted by molar-refractivity contribution is 0.101. The molecule has 0 bridgehead atoms. The minimum Gasteiger partial charge on any atom is -0.383 e. The number of halogens is 1. The molecular formula is C19H21FN2O. The van der Waals surface area contributed by atoms with Gasteiger partial charge in [-0.1, -0.05) is 30.3 Å². The third-order valence-corrected chi connectivity index (χ3v) is 4.32. The van der Waals surface area contributed by atoms with Crippen molar-refractivity contribution in [3.63, 3.8) is 0 Å². The summed E-state index contributed by atoms with van der Waals surface area (Å²) in [6.07, 6.45) is 1.06. The highest BCUT2D eigenvalue weighted by Crippen LogP contribution is 2.20. The number of fused-ring (bicyclic) bond motifs is 1. The number of benzene rings is 2. The summed E-state index contributed by atoms with van der Waals surface area (Å²) in [6.45, 7) is 4.92. The van der Waals surface area contributed by atoms with Crippen molar-refractivity contribution in [2.45, 2.75) is 19.9 Å². The van der Waals surface area contributed by atoms with Gasteiger partial charge in [0.05, 0.1) is 5.56 Å². The molecule has 0 amide bonds. The molecule has 1 N–H and O–H groups in total. The number of ketones is 1. The normalized spacial score (nSPS) is 14.3. The van der Waals surface area contributed by atoms with Crippen LogP contribution in [0.3, 0.4) is 0 Å². The van der Waals surface area contributed by atoms with E-state index in [9.17, 15) is 9.18 Å². The first-order valence-electron chi connectivity index (χ1n) is 7.97. The fourth-order valence-electron chi connectivity index (χ4n) is 3.12. The summed E-state index contributed by atoms with van der Waals surface area (Å²) < 4.78 is 13.8. The van der Waals surface area contributed by atoms with Crippen LogP contribution in [0, 0.1) is 5.82 Å². The largest absolute Gasteiger partial charge is 0.383 e. The summed E-state index contributed by atoms with van der Waals surface area (Å²) >= 11 is 0. The van der Waals surface area contributed by atoms with E-state index >= 15 is 0 Å². The van der Waals surface area contributed by atoms with Gasteiger partial charge < -0.3 is 5.32 Å². The lowest BCUT2D eigenvalue weighted by atomic mass is 10.00. The van der Waals surface area contributed by atoms with Crippen LogP contribution < -0.4 is 5.32 Å². The number of nitrogens with zero attached hydrogens (tertiary/aromatic N) is 1. The molecule has 1 aliphatic heterocycles. The molecule has 2 aromatic rings. The first kappa shape index (κ1) is 15.7. The van der Waals surface area contributed by atoms with Gasteiger partial charge in [0.2, 0.25) is 0 Å². The van der Waals surface area contributed by atoms with Crippen molar-refractivity contribution < 1.29 is 9.18 Å². The van der Waals surface area contributed by atoms with Crippen LogP contribution in [0.15, 0.2) is 42.5 Å². The molecule has 2 aromatic carbocycles. The van der Waals surface area contributed by atoms with Gasteiger partial charge in [0.25, 0.3) is 0 Å². The quantitative estimate of drug-likeness (QED) is 0.858. The molecule has 4 heteroatoms. The predicted octanol–water partition coefficient (Wildman–Crippen LogP) is 3.50. The van der Waals surface area contributed by atoms with Crippen LogP contribution in [0.2, 0.25) is 0 Å². The van der Waals surface area contributed by atoms with Crippen molar-refractivity contribution in [1.82, 2.24) is 4.90 Å². The highest BCUT2D eigenvalue weighted by atomic mass is 19.1. The Bertz CT molecular complexity index is 714. The zero-order chi connectivity index (χ0) is 16.2. The lowest BCUT2D eigenvalue weighted by Gasteiger charge is -2.28. The molecular weight excluding hydrogens is 291 g/mol. The molecule has 0 aliphatic carbocycles. The second-order valence-corrected chi connectivity index (χ2v) is 5.94. The molecule has 23 heavy (non-hydrogen) atoms. The number of Topliss-reactive ketones (excluding diaryl/α,β-unsaturated/α-hetero) is 1. The van der Waals surface area contributed by atoms with Crippen LogP contribution in [0.1, 0.15) is 28.4 Å². The highest BCUT2D eigenvalue weighted by molar-refractivity contribution is 5.99. The Morgan fingerprint density at radius 3 is 2.74 bits per heavy atom. The van der Waals surface area contributed by atoms with E-state index in [1.54, 1.807) is 12.1 Å². The summed E-state index contributed by atoms with van der Waals surface area (Å²) in [7, 11) is 0. The fraction of sp³-hybridized carbons (Fsp3) is 0.316. The van der Waals surface area contributed by atoms with Gasteiger partial charge in [0, 0.05) is 31.9 Å². The number of carbonyl (C=O) groups is 1. The summed E-state index contributed by atoms with van der Waals surface area (Å²) in [6, 6.07) is 13.2. The standard InChI is InChI=1S/C19H21FN2O/c1-14(23)19-17(20)7-4-8-18(19)21-10-12-22-11-9-15-5-2-3-6-16(15)13-22/h2-8,21H,9-13H2,1H3. The van der Waals surface area contributed by atoms with Gasteiger partial charge >= 0.3 is 0 Å². The van der Waals surface area contributed by atoms with Gasteiger partial charge in [0.15, 0.2) is 5.78 Å². The first-order chi connectivity index (χ1) is 11.1. The van der Waals surface area contributed by atoms with Gasteiger partial charge in [-0.15, -0.1) is 0 Å². The summed E-state index contributed by atoms with van der Waals surface area (Å²) in [5.74, 6) is -0.716. The third-order valence-electron chi connectivity index (χ3n) is 4.32. The van der Waals surface area contributed by atoms with Crippen LogP contribution in [-0.2, 0) is 13.0 Å². The highest BCUT2D eigenvalue weighted by Gasteiger charge is 2.16. The Morgan fingerprint density at radius 2 is 1.96 bits per heavy atom. The van der Waals surface area contributed by atoms with E-state index in [1.807, 2.05) is 0 Å². The molecule has 0 spiro atoms. The average molecular weight is 312 g/mol. The lowest BCUT2D eigenvalue weighted by Crippen LogP contribution is -2.34. The van der Waals surface area contributed by atoms with Crippen LogP contribution in [0.5, 0.6) is 0 Å². The van der Waals surface area contributed by atoms with E-state index in [-0.39, 0.29) is 11.3 Å². The second kappa shape index (κ2) is 6.92. The van der Waals surface area contributed by atoms with E-state index < -0.39 is 5.82 Å². The van der Waals surface area contributed by atoms with Crippen molar-refractivity contribution in [3.8, 4) is 0 Å². The number of nitrogens with one attached hydrogen (secondary N) is 1. The summed E-state index contributed by atoms with van der Waals surface area (Å²) in [5.41, 5.74) is 3.54. The van der Waals surface area contributed by atoms with Crippen molar-refractivity contribution in [1.29, 1.82) is 0 Å². The molecule has 0 radical (unpaired) electrons. The van der Waals surface area contributed by atoms with Crippen LogP contribution in [0.25, 0.3) is 0 Å². The molecule has 3 nitrogen and oxygen atoms in total. The molecule has 120 valence electrons. The molecule has 1 heterocycles. The van der Waals surface area contributed by atoms with E-state index in [0.717, 1.165) is 26.1 Å². The minimum atomic E-state index is -0.464. The monoisotopic (exact) mass is 312 g/mol. The maximum atomic E-state index is 13.8. The fourth-order valence-corrected chi connectivity index (χ4v) is 3.12. The Morgan fingerprint density at radius 1 is 1.17 bits per heavy atom. The van der Waals surface area contributed by atoms with Crippen LogP contribution in [-0.4, -0.2) is 30.3 Å². The number of rotatable bonds is 5. The van der Waals surface area contributed by atoms with Crippen LogP contribution >= 0.6 is 0 Å². The van der Waals surface area contributed by atoms with Crippen molar-refractivity contribution >= 4 is 11.5 Å². The molecule has 0 saturated heterocycles. The third kappa shape index (κ3) is 3.59. The number of hydrogen-bond acceptors (Lipinski definition) is 3. The second-order valence-electron chi connectivity index (χ2n) is 5.94. The Kier molecular flexibility index (Phi) is 4.72. The number of carbonyl (C=O) groups excluding carboxylic acids is 1. The van der Waals surface area contributed by atoms with Crippen molar-refractivity contribution in [3.05, 3.63) is 65.0 Å². The van der Waals surface area contributed by atoms with E-state index in [2.05, 4.69) is 34.5 Å². The smallest absolute Gasteiger partial charge is 0.164 e. The van der Waals surface area contributed by atoms with Gasteiger partial charge in [-0.2, -0.15) is 0 Å². The maximum Gasteiger partial charge on any atom is 0.164 e. The SMILES string of the molecule is CC(=O)c1c(F)cccc1NCCN1CCc2ccccc2C1. The summed E-state index contributed by atoms with van der Waals surface area (Å²) in [4.78, 5) is 14.0. The molecule has 0 saturated carbocycles. The Hall–Kier alpha value is -2.20. The molecule has 0 fully saturated rings. The molecule has 0 aromatic heterocycles. The zero-order valence-electron chi connectivity index (χ0n) is 13.3. The predicted molar refractivity (Wildman–Crippen MR) is 90.3 cm³/mol. The Balaban J connectivity index is 1.59. The Labute approximate surface area is 136 Å². The number of hydrogen-bond donors (Lipinski definition) is 1. The average Bonchev–Trinajstić information content (AvgIpc) is 2.54. The van der Waals surface area contributed by atoms with Crippen molar-refractivity contribution in [2.24, 2.45) is 0 Å². The topological polar surface area (TPSA) is 32.3 Å². The molecule has 3 rings (SSSR count). The van der Waals surface area contributed by atoms with Crippen molar-refractivity contribution in [2.75, 3.05) is 25.0 Å². The molecule has 1 aliphatic rings. The minimum absolute atomic E-state index is 0.150. The van der Waals surface area contributed by atoms with Gasteiger partial charge in [-0.25, -0.2) is 4.39 Å². The van der Waals surface area contributed by atoms with E-state index in [0.29, 0.717) is 12.2 Å². The van der Waals surface area contributed by atoms with Gasteiger partial charge in [0.1, 0.15) is 5.82 Å².